The van der Waals surface area contributed by atoms with Crippen molar-refractivity contribution in [3.8, 4) is 5.75 Å². The second-order valence-corrected chi connectivity index (χ2v) is 11.6. The average molecular weight is 583 g/mol. The van der Waals surface area contributed by atoms with Crippen molar-refractivity contribution < 1.29 is 14.3 Å². The number of likely N-dealkylation sites (tertiary alicyclic amines) is 1. The van der Waals surface area contributed by atoms with Crippen LogP contribution in [0.1, 0.15) is 39.9 Å². The first kappa shape index (κ1) is 30.1. The van der Waals surface area contributed by atoms with Crippen LogP contribution in [0.2, 0.25) is 0 Å². The van der Waals surface area contributed by atoms with Crippen molar-refractivity contribution in [1.82, 2.24) is 15.1 Å². The number of fused-ring (bicyclic) bond motifs is 1. The second kappa shape index (κ2) is 12.9. The van der Waals surface area contributed by atoms with Crippen LogP contribution in [0.5, 0.6) is 5.75 Å². The standard InChI is InChI=1S/C34H42N6O3/c1-39(2)21-18-37-33(42)29-31(35)38-30-27(14-9-15-28(30)43-3)34(29,26-13-8-7-12-25(26)32(36)41)24-16-19-40(20-17-24)22-23-10-5-4-6-11-23/h4-15,24,38H,16-22,35H2,1-3H3,(H2,36,41)(H,37,42). The molecule has 1 saturated heterocycles. The van der Waals surface area contributed by atoms with Gasteiger partial charge in [0.15, 0.2) is 0 Å². The highest BCUT2D eigenvalue weighted by Gasteiger charge is 2.54. The topological polar surface area (TPSA) is 126 Å². The van der Waals surface area contributed by atoms with E-state index in [0.29, 0.717) is 41.2 Å². The van der Waals surface area contributed by atoms with Crippen LogP contribution >= 0.6 is 0 Å². The summed E-state index contributed by atoms with van der Waals surface area (Å²) in [7, 11) is 5.53. The maximum Gasteiger partial charge on any atom is 0.252 e. The van der Waals surface area contributed by atoms with Gasteiger partial charge in [-0.2, -0.15) is 0 Å². The van der Waals surface area contributed by atoms with Crippen LogP contribution in [0.4, 0.5) is 5.69 Å². The van der Waals surface area contributed by atoms with Crippen LogP contribution in [0.15, 0.2) is 84.2 Å². The fourth-order valence-corrected chi connectivity index (χ4v) is 6.82. The largest absolute Gasteiger partial charge is 0.495 e. The zero-order chi connectivity index (χ0) is 30.6. The minimum absolute atomic E-state index is 0.0684. The van der Waals surface area contributed by atoms with Gasteiger partial charge >= 0.3 is 0 Å². The molecule has 1 atom stereocenters. The van der Waals surface area contributed by atoms with Gasteiger partial charge in [-0.1, -0.05) is 60.7 Å². The van der Waals surface area contributed by atoms with E-state index in [2.05, 4.69) is 39.8 Å². The van der Waals surface area contributed by atoms with Gasteiger partial charge in [0, 0.05) is 25.2 Å². The van der Waals surface area contributed by atoms with Gasteiger partial charge in [0.2, 0.25) is 5.91 Å². The number of amides is 2. The normalized spacial score (nSPS) is 19.1. The van der Waals surface area contributed by atoms with E-state index in [1.54, 1.807) is 19.2 Å². The number of nitrogens with two attached hydrogens (primary N) is 2. The predicted molar refractivity (Wildman–Crippen MR) is 170 cm³/mol. The molecule has 3 aromatic carbocycles. The Morgan fingerprint density at radius 1 is 1.00 bits per heavy atom. The minimum atomic E-state index is -1.06. The fraction of sp³-hybridized carbons (Fsp3) is 0.353. The van der Waals surface area contributed by atoms with Crippen molar-refractivity contribution in [2.75, 3.05) is 52.7 Å². The molecule has 0 bridgehead atoms. The number of methoxy groups -OCH3 is 1. The predicted octanol–water partition coefficient (Wildman–Crippen LogP) is 3.27. The number of para-hydroxylation sites is 1. The fourth-order valence-electron chi connectivity index (χ4n) is 6.82. The van der Waals surface area contributed by atoms with E-state index < -0.39 is 11.3 Å². The smallest absolute Gasteiger partial charge is 0.252 e. The Kier molecular flexibility index (Phi) is 9.03. The number of anilines is 1. The average Bonchev–Trinajstić information content (AvgIpc) is 3.00. The SMILES string of the molecule is COc1cccc2c1NC(N)=C(C(=O)NCCN(C)C)C2(c1ccccc1C(N)=O)C1CCN(Cc2ccccc2)CC1. The molecule has 2 heterocycles. The number of carbonyl (C=O) groups is 2. The summed E-state index contributed by atoms with van der Waals surface area (Å²) >= 11 is 0. The first-order chi connectivity index (χ1) is 20.8. The molecule has 2 amide bonds. The monoisotopic (exact) mass is 582 g/mol. The number of primary amides is 1. The number of hydrogen-bond acceptors (Lipinski definition) is 7. The lowest BCUT2D eigenvalue weighted by molar-refractivity contribution is -0.118. The number of carbonyl (C=O) groups excluding carboxylic acids is 2. The molecule has 3 aromatic rings. The molecular formula is C34H42N6O3. The van der Waals surface area contributed by atoms with Crippen molar-refractivity contribution in [1.29, 1.82) is 0 Å². The zero-order valence-electron chi connectivity index (χ0n) is 25.2. The summed E-state index contributed by atoms with van der Waals surface area (Å²) in [6.07, 6.45) is 1.55. The molecule has 1 unspecified atom stereocenters. The molecule has 0 aromatic heterocycles. The Morgan fingerprint density at radius 3 is 2.35 bits per heavy atom. The molecule has 5 rings (SSSR count). The Labute approximate surface area is 253 Å². The van der Waals surface area contributed by atoms with Crippen LogP contribution in [-0.4, -0.2) is 69.0 Å². The van der Waals surface area contributed by atoms with Gasteiger partial charge in [0.05, 0.1) is 23.8 Å². The number of piperidine rings is 1. The lowest BCUT2D eigenvalue weighted by Crippen LogP contribution is -2.52. The van der Waals surface area contributed by atoms with Crippen LogP contribution in [-0.2, 0) is 16.8 Å². The molecule has 0 aliphatic carbocycles. The molecule has 2 aliphatic rings. The van der Waals surface area contributed by atoms with Crippen LogP contribution < -0.4 is 26.8 Å². The van der Waals surface area contributed by atoms with Crippen molar-refractivity contribution >= 4 is 17.5 Å². The summed E-state index contributed by atoms with van der Waals surface area (Å²) in [5.74, 6) is -0.0434. The highest BCUT2D eigenvalue weighted by Crippen LogP contribution is 2.56. The summed E-state index contributed by atoms with van der Waals surface area (Å²) in [6.45, 7) is 3.60. The number of nitrogens with zero attached hydrogens (tertiary/aromatic N) is 2. The third kappa shape index (κ3) is 5.83. The quantitative estimate of drug-likeness (QED) is 0.289. The summed E-state index contributed by atoms with van der Waals surface area (Å²) in [6, 6.07) is 23.6. The van der Waals surface area contributed by atoms with Crippen molar-refractivity contribution in [2.45, 2.75) is 24.8 Å². The van der Waals surface area contributed by atoms with Crippen molar-refractivity contribution in [3.05, 3.63) is 106 Å². The van der Waals surface area contributed by atoms with Gasteiger partial charge in [0.25, 0.3) is 5.91 Å². The first-order valence-corrected chi connectivity index (χ1v) is 14.8. The van der Waals surface area contributed by atoms with E-state index in [1.807, 2.05) is 55.4 Å². The van der Waals surface area contributed by atoms with Crippen LogP contribution in [0.25, 0.3) is 0 Å². The second-order valence-electron chi connectivity index (χ2n) is 11.6. The summed E-state index contributed by atoms with van der Waals surface area (Å²) in [4.78, 5) is 31.8. The van der Waals surface area contributed by atoms with E-state index in [9.17, 15) is 9.59 Å². The first-order valence-electron chi connectivity index (χ1n) is 14.8. The zero-order valence-corrected chi connectivity index (χ0v) is 25.2. The Balaban J connectivity index is 1.69. The highest BCUT2D eigenvalue weighted by molar-refractivity contribution is 6.03. The van der Waals surface area contributed by atoms with Gasteiger partial charge in [-0.3, -0.25) is 14.5 Å². The number of hydrogen-bond donors (Lipinski definition) is 4. The molecule has 1 fully saturated rings. The number of benzene rings is 3. The summed E-state index contributed by atoms with van der Waals surface area (Å²) in [5, 5.41) is 6.41. The van der Waals surface area contributed by atoms with E-state index in [-0.39, 0.29) is 17.6 Å². The van der Waals surface area contributed by atoms with Gasteiger partial charge < -0.3 is 31.7 Å². The molecule has 0 saturated carbocycles. The van der Waals surface area contributed by atoms with Gasteiger partial charge in [0.1, 0.15) is 11.6 Å². The van der Waals surface area contributed by atoms with Crippen molar-refractivity contribution in [2.24, 2.45) is 17.4 Å². The molecule has 2 aliphatic heterocycles. The molecule has 9 nitrogen and oxygen atoms in total. The lowest BCUT2D eigenvalue weighted by atomic mass is 9.56. The third-order valence-electron chi connectivity index (χ3n) is 8.73. The molecular weight excluding hydrogens is 540 g/mol. The van der Waals surface area contributed by atoms with E-state index in [1.165, 1.54) is 5.56 Å². The molecule has 0 radical (unpaired) electrons. The maximum atomic E-state index is 14.3. The van der Waals surface area contributed by atoms with E-state index in [0.717, 1.165) is 38.0 Å². The Bertz CT molecular complexity index is 1500. The highest BCUT2D eigenvalue weighted by atomic mass is 16.5. The number of nitrogens with one attached hydrogen (secondary N) is 2. The van der Waals surface area contributed by atoms with Crippen LogP contribution in [0.3, 0.4) is 0 Å². The number of ether oxygens (including phenoxy) is 1. The molecule has 226 valence electrons. The van der Waals surface area contributed by atoms with E-state index in [4.69, 9.17) is 16.2 Å². The maximum absolute atomic E-state index is 14.3. The Hall–Kier alpha value is -4.34. The molecule has 43 heavy (non-hydrogen) atoms. The van der Waals surface area contributed by atoms with Gasteiger partial charge in [-0.05, 0) is 74.8 Å². The number of rotatable bonds is 10. The van der Waals surface area contributed by atoms with Gasteiger partial charge in [-0.25, -0.2) is 0 Å². The van der Waals surface area contributed by atoms with E-state index >= 15 is 0 Å². The number of likely N-dealkylation sites (N-methyl/N-ethyl adjacent to an activating group) is 1. The third-order valence-corrected chi connectivity index (χ3v) is 8.73. The Morgan fingerprint density at radius 2 is 1.67 bits per heavy atom. The summed E-state index contributed by atoms with van der Waals surface area (Å²) < 4.78 is 5.78. The minimum Gasteiger partial charge on any atom is -0.495 e. The molecule has 0 spiro atoms. The van der Waals surface area contributed by atoms with Crippen LogP contribution in [0, 0.1) is 5.92 Å². The lowest BCUT2D eigenvalue weighted by Gasteiger charge is -2.50. The molecule has 6 N–H and O–H groups in total. The van der Waals surface area contributed by atoms with Crippen molar-refractivity contribution in [3.63, 3.8) is 0 Å². The molecule has 9 heteroatoms. The summed E-state index contributed by atoms with van der Waals surface area (Å²) in [5.41, 5.74) is 16.1. The van der Waals surface area contributed by atoms with Gasteiger partial charge in [-0.15, -0.1) is 0 Å².